The molecule has 0 saturated carbocycles. The van der Waals surface area contributed by atoms with E-state index in [2.05, 4.69) is 10.6 Å². The molecular formula is C13H19FN2O. The average Bonchev–Trinajstić information content (AvgIpc) is 2.20. The van der Waals surface area contributed by atoms with Crippen molar-refractivity contribution in [1.82, 2.24) is 5.32 Å². The Balaban J connectivity index is 2.38. The number of nitrogens with one attached hydrogen (secondary N) is 2. The third-order valence-corrected chi connectivity index (χ3v) is 2.31. The Hall–Kier alpha value is -1.58. The van der Waals surface area contributed by atoms with Gasteiger partial charge in [-0.3, -0.25) is 4.79 Å². The van der Waals surface area contributed by atoms with Crippen LogP contribution in [0, 0.1) is 12.7 Å². The third-order valence-electron chi connectivity index (χ3n) is 2.31. The molecule has 0 heterocycles. The standard InChI is InChI=1S/C13H19FN2O/c1-9(2)16-13(17)6-7-15-12-5-4-11(14)8-10(12)3/h4-5,8-9,15H,6-7H2,1-3H3,(H,16,17). The lowest BCUT2D eigenvalue weighted by Crippen LogP contribution is -2.31. The average molecular weight is 238 g/mol. The molecule has 1 rings (SSSR count). The van der Waals surface area contributed by atoms with E-state index in [1.54, 1.807) is 6.07 Å². The van der Waals surface area contributed by atoms with Gasteiger partial charge in [-0.25, -0.2) is 4.39 Å². The summed E-state index contributed by atoms with van der Waals surface area (Å²) in [5, 5.41) is 5.93. The van der Waals surface area contributed by atoms with Gasteiger partial charge in [-0.05, 0) is 44.5 Å². The fourth-order valence-corrected chi connectivity index (χ4v) is 1.53. The van der Waals surface area contributed by atoms with Crippen LogP contribution in [-0.2, 0) is 4.79 Å². The zero-order valence-electron chi connectivity index (χ0n) is 10.5. The van der Waals surface area contributed by atoms with Crippen LogP contribution in [-0.4, -0.2) is 18.5 Å². The van der Waals surface area contributed by atoms with Crippen LogP contribution in [0.4, 0.5) is 10.1 Å². The molecule has 0 radical (unpaired) electrons. The van der Waals surface area contributed by atoms with Gasteiger partial charge >= 0.3 is 0 Å². The molecule has 0 aliphatic rings. The number of halogens is 1. The van der Waals surface area contributed by atoms with Gasteiger partial charge in [0.25, 0.3) is 0 Å². The first kappa shape index (κ1) is 13.5. The van der Waals surface area contributed by atoms with E-state index in [0.717, 1.165) is 11.3 Å². The Morgan fingerprint density at radius 2 is 2.12 bits per heavy atom. The van der Waals surface area contributed by atoms with Gasteiger partial charge in [0.05, 0.1) is 0 Å². The number of amides is 1. The maximum absolute atomic E-state index is 12.8. The first-order valence-corrected chi connectivity index (χ1v) is 5.78. The molecule has 1 aromatic carbocycles. The van der Waals surface area contributed by atoms with Gasteiger partial charge in [0.1, 0.15) is 5.82 Å². The molecule has 0 saturated heterocycles. The first-order valence-electron chi connectivity index (χ1n) is 5.78. The molecule has 1 aromatic rings. The second-order valence-corrected chi connectivity index (χ2v) is 4.36. The Morgan fingerprint density at radius 3 is 2.71 bits per heavy atom. The highest BCUT2D eigenvalue weighted by Crippen LogP contribution is 2.15. The van der Waals surface area contributed by atoms with Crippen molar-refractivity contribution in [2.24, 2.45) is 0 Å². The van der Waals surface area contributed by atoms with Gasteiger partial charge in [0, 0.05) is 24.7 Å². The highest BCUT2D eigenvalue weighted by atomic mass is 19.1. The van der Waals surface area contributed by atoms with Crippen LogP contribution < -0.4 is 10.6 Å². The van der Waals surface area contributed by atoms with Crippen LogP contribution in [0.5, 0.6) is 0 Å². The highest BCUT2D eigenvalue weighted by molar-refractivity contribution is 5.76. The number of hydrogen-bond acceptors (Lipinski definition) is 2. The van der Waals surface area contributed by atoms with E-state index in [-0.39, 0.29) is 17.8 Å². The summed E-state index contributed by atoms with van der Waals surface area (Å²) in [5.74, 6) is -0.224. The number of benzene rings is 1. The molecule has 4 heteroatoms. The smallest absolute Gasteiger partial charge is 0.221 e. The minimum atomic E-state index is -0.245. The maximum Gasteiger partial charge on any atom is 0.221 e. The summed E-state index contributed by atoms with van der Waals surface area (Å²) < 4.78 is 12.8. The summed E-state index contributed by atoms with van der Waals surface area (Å²) in [4.78, 5) is 11.4. The largest absolute Gasteiger partial charge is 0.384 e. The van der Waals surface area contributed by atoms with E-state index in [9.17, 15) is 9.18 Å². The van der Waals surface area contributed by atoms with Crippen molar-refractivity contribution in [2.45, 2.75) is 33.2 Å². The van der Waals surface area contributed by atoms with Gasteiger partial charge < -0.3 is 10.6 Å². The summed E-state index contributed by atoms with van der Waals surface area (Å²) in [5.41, 5.74) is 1.71. The second kappa shape index (κ2) is 6.23. The molecule has 0 atom stereocenters. The molecule has 0 aromatic heterocycles. The summed E-state index contributed by atoms with van der Waals surface area (Å²) in [7, 11) is 0. The number of aryl methyl sites for hydroxylation is 1. The van der Waals surface area contributed by atoms with Crippen molar-refractivity contribution in [3.05, 3.63) is 29.6 Å². The molecular weight excluding hydrogens is 219 g/mol. The van der Waals surface area contributed by atoms with Crippen LogP contribution in [0.2, 0.25) is 0 Å². The lowest BCUT2D eigenvalue weighted by Gasteiger charge is -2.11. The van der Waals surface area contributed by atoms with Crippen molar-refractivity contribution in [2.75, 3.05) is 11.9 Å². The topological polar surface area (TPSA) is 41.1 Å². The lowest BCUT2D eigenvalue weighted by atomic mass is 10.2. The second-order valence-electron chi connectivity index (χ2n) is 4.36. The minimum absolute atomic E-state index is 0.0206. The van der Waals surface area contributed by atoms with Crippen LogP contribution in [0.15, 0.2) is 18.2 Å². The predicted octanol–water partition coefficient (Wildman–Crippen LogP) is 2.46. The zero-order valence-corrected chi connectivity index (χ0v) is 10.5. The Labute approximate surface area is 101 Å². The minimum Gasteiger partial charge on any atom is -0.384 e. The third kappa shape index (κ3) is 4.85. The fourth-order valence-electron chi connectivity index (χ4n) is 1.53. The summed E-state index contributed by atoms with van der Waals surface area (Å²) in [6, 6.07) is 4.72. The highest BCUT2D eigenvalue weighted by Gasteiger charge is 2.03. The van der Waals surface area contributed by atoms with Crippen molar-refractivity contribution in [3.63, 3.8) is 0 Å². The summed E-state index contributed by atoms with van der Waals surface area (Å²) in [6.07, 6.45) is 0.412. The van der Waals surface area contributed by atoms with Gasteiger partial charge in [-0.2, -0.15) is 0 Å². The van der Waals surface area contributed by atoms with Crippen LogP contribution in [0.3, 0.4) is 0 Å². The number of carbonyl (C=O) groups is 1. The number of hydrogen-bond donors (Lipinski definition) is 2. The molecule has 0 aliphatic carbocycles. The van der Waals surface area contributed by atoms with Crippen molar-refractivity contribution >= 4 is 11.6 Å². The van der Waals surface area contributed by atoms with E-state index >= 15 is 0 Å². The molecule has 17 heavy (non-hydrogen) atoms. The van der Waals surface area contributed by atoms with Crippen molar-refractivity contribution < 1.29 is 9.18 Å². The molecule has 1 amide bonds. The maximum atomic E-state index is 12.8. The van der Waals surface area contributed by atoms with E-state index in [1.807, 2.05) is 20.8 Å². The molecule has 0 fully saturated rings. The van der Waals surface area contributed by atoms with E-state index in [0.29, 0.717) is 13.0 Å². The molecule has 94 valence electrons. The normalized spacial score (nSPS) is 10.4. The number of carbonyl (C=O) groups excluding carboxylic acids is 1. The van der Waals surface area contributed by atoms with Gasteiger partial charge in [-0.1, -0.05) is 0 Å². The van der Waals surface area contributed by atoms with Gasteiger partial charge in [-0.15, -0.1) is 0 Å². The van der Waals surface area contributed by atoms with Gasteiger partial charge in [0.15, 0.2) is 0 Å². The van der Waals surface area contributed by atoms with Crippen LogP contribution >= 0.6 is 0 Å². The first-order chi connectivity index (χ1) is 7.99. The van der Waals surface area contributed by atoms with Crippen molar-refractivity contribution in [3.8, 4) is 0 Å². The fraction of sp³-hybridized carbons (Fsp3) is 0.462. The summed E-state index contributed by atoms with van der Waals surface area (Å²) >= 11 is 0. The Bertz CT molecular complexity index is 391. The SMILES string of the molecule is Cc1cc(F)ccc1NCCC(=O)NC(C)C. The number of rotatable bonds is 5. The molecule has 2 N–H and O–H groups in total. The van der Waals surface area contributed by atoms with E-state index in [1.165, 1.54) is 12.1 Å². The van der Waals surface area contributed by atoms with E-state index < -0.39 is 0 Å². The Kier molecular flexibility index (Phi) is 4.94. The Morgan fingerprint density at radius 1 is 1.41 bits per heavy atom. The van der Waals surface area contributed by atoms with E-state index in [4.69, 9.17) is 0 Å². The summed E-state index contributed by atoms with van der Waals surface area (Å²) in [6.45, 7) is 6.23. The molecule has 3 nitrogen and oxygen atoms in total. The lowest BCUT2D eigenvalue weighted by molar-refractivity contribution is -0.121. The molecule has 0 aliphatic heterocycles. The molecule has 0 spiro atoms. The monoisotopic (exact) mass is 238 g/mol. The molecule has 0 unspecified atom stereocenters. The van der Waals surface area contributed by atoms with Gasteiger partial charge in [0.2, 0.25) is 5.91 Å². The quantitative estimate of drug-likeness (QED) is 0.827. The van der Waals surface area contributed by atoms with Crippen molar-refractivity contribution in [1.29, 1.82) is 0 Å². The van der Waals surface area contributed by atoms with Crippen LogP contribution in [0.1, 0.15) is 25.8 Å². The zero-order chi connectivity index (χ0) is 12.8. The van der Waals surface area contributed by atoms with Crippen LogP contribution in [0.25, 0.3) is 0 Å². The molecule has 0 bridgehead atoms. The number of anilines is 1. The predicted molar refractivity (Wildman–Crippen MR) is 67.5 cm³/mol.